The van der Waals surface area contributed by atoms with E-state index in [-0.39, 0.29) is 18.3 Å². The topological polar surface area (TPSA) is 59.8 Å². The number of nitrogens with zero attached hydrogens (tertiary/aromatic N) is 3. The molecule has 1 aromatic heterocycles. The van der Waals surface area contributed by atoms with Crippen LogP contribution in [-0.4, -0.2) is 20.7 Å². The minimum Gasteiger partial charge on any atom is -0.345 e. The van der Waals surface area contributed by atoms with Gasteiger partial charge in [-0.05, 0) is 35.7 Å². The molecule has 0 aliphatic rings. The van der Waals surface area contributed by atoms with Crippen molar-refractivity contribution in [1.82, 2.24) is 20.1 Å². The lowest BCUT2D eigenvalue weighted by Gasteiger charge is -2.13. The van der Waals surface area contributed by atoms with Crippen LogP contribution in [0, 0.1) is 11.7 Å². The smallest absolute Gasteiger partial charge is 0.251 e. The van der Waals surface area contributed by atoms with Gasteiger partial charge in [0.15, 0.2) is 11.0 Å². The van der Waals surface area contributed by atoms with E-state index in [9.17, 15) is 9.18 Å². The molecule has 0 unspecified atom stereocenters. The Morgan fingerprint density at radius 1 is 1.21 bits per heavy atom. The fourth-order valence-corrected chi connectivity index (χ4v) is 3.90. The van der Waals surface area contributed by atoms with Crippen LogP contribution in [0.2, 0.25) is 5.02 Å². The summed E-state index contributed by atoms with van der Waals surface area (Å²) < 4.78 is 15.9. The van der Waals surface area contributed by atoms with E-state index in [1.165, 1.54) is 17.8 Å². The van der Waals surface area contributed by atoms with E-state index >= 15 is 0 Å². The number of halogens is 2. The van der Waals surface area contributed by atoms with E-state index in [0.717, 1.165) is 0 Å². The van der Waals surface area contributed by atoms with Crippen molar-refractivity contribution in [3.05, 3.63) is 76.3 Å². The number of hydrogen-bond donors (Lipinski definition) is 1. The van der Waals surface area contributed by atoms with Gasteiger partial charge in [-0.2, -0.15) is 0 Å². The van der Waals surface area contributed by atoms with Crippen molar-refractivity contribution in [2.75, 3.05) is 0 Å². The second-order valence-electron chi connectivity index (χ2n) is 6.98. The van der Waals surface area contributed by atoms with Crippen LogP contribution in [-0.2, 0) is 18.8 Å². The maximum absolute atomic E-state index is 13.9. The number of aromatic nitrogens is 3. The van der Waals surface area contributed by atoms with Crippen LogP contribution in [0.1, 0.15) is 35.6 Å². The van der Waals surface area contributed by atoms with Crippen LogP contribution in [0.4, 0.5) is 4.39 Å². The highest BCUT2D eigenvalue weighted by atomic mass is 35.5. The highest BCUT2D eigenvalue weighted by molar-refractivity contribution is 7.98. The van der Waals surface area contributed by atoms with Gasteiger partial charge in [0.25, 0.3) is 5.91 Å². The van der Waals surface area contributed by atoms with E-state index in [0.29, 0.717) is 45.3 Å². The van der Waals surface area contributed by atoms with E-state index in [1.54, 1.807) is 36.4 Å². The summed E-state index contributed by atoms with van der Waals surface area (Å²) in [6, 6.07) is 13.5. The molecule has 8 heteroatoms. The second kappa shape index (κ2) is 9.89. The average Bonchev–Trinajstić information content (AvgIpc) is 3.06. The summed E-state index contributed by atoms with van der Waals surface area (Å²) in [6.45, 7) is 5.14. The monoisotopic (exact) mass is 432 g/mol. The standard InChI is InChI=1S/C21H22ClFN4OS/c1-14(2)12-27-19(11-24-20(28)15-7-5-8-17(22)10-15)25-26-21(27)29-13-16-6-3-4-9-18(16)23/h3-10,14H,11-13H2,1-2H3,(H,24,28). The highest BCUT2D eigenvalue weighted by Crippen LogP contribution is 2.24. The molecule has 0 saturated heterocycles. The Kier molecular flexibility index (Phi) is 7.28. The van der Waals surface area contributed by atoms with Gasteiger partial charge in [0, 0.05) is 22.9 Å². The molecule has 0 fully saturated rings. The Morgan fingerprint density at radius 2 is 2.00 bits per heavy atom. The number of benzene rings is 2. The summed E-state index contributed by atoms with van der Waals surface area (Å²) >= 11 is 7.38. The SMILES string of the molecule is CC(C)Cn1c(CNC(=O)c2cccc(Cl)c2)nnc1SCc1ccccc1F. The van der Waals surface area contributed by atoms with E-state index in [1.807, 2.05) is 10.6 Å². The van der Waals surface area contributed by atoms with Crippen molar-refractivity contribution in [1.29, 1.82) is 0 Å². The van der Waals surface area contributed by atoms with Gasteiger partial charge in [-0.25, -0.2) is 4.39 Å². The first-order valence-corrected chi connectivity index (χ1v) is 10.6. The Bertz CT molecular complexity index is 992. The Balaban J connectivity index is 1.71. The lowest BCUT2D eigenvalue weighted by Crippen LogP contribution is -2.25. The van der Waals surface area contributed by atoms with Gasteiger partial charge in [-0.3, -0.25) is 4.79 Å². The molecule has 0 spiro atoms. The number of thioether (sulfide) groups is 1. The molecule has 29 heavy (non-hydrogen) atoms. The first kappa shape index (κ1) is 21.3. The molecule has 3 rings (SSSR count). The van der Waals surface area contributed by atoms with E-state index in [4.69, 9.17) is 11.6 Å². The normalized spacial score (nSPS) is 11.1. The summed E-state index contributed by atoms with van der Waals surface area (Å²) in [7, 11) is 0. The van der Waals surface area contributed by atoms with Gasteiger partial charge in [-0.15, -0.1) is 10.2 Å². The van der Waals surface area contributed by atoms with E-state index < -0.39 is 0 Å². The molecule has 0 radical (unpaired) electrons. The molecule has 1 heterocycles. The number of carbonyl (C=O) groups excluding carboxylic acids is 1. The lowest BCUT2D eigenvalue weighted by molar-refractivity contribution is 0.0949. The quantitative estimate of drug-likeness (QED) is 0.511. The summed E-state index contributed by atoms with van der Waals surface area (Å²) in [5.41, 5.74) is 1.11. The minimum atomic E-state index is -0.232. The predicted molar refractivity (Wildman–Crippen MR) is 113 cm³/mol. The van der Waals surface area contributed by atoms with Gasteiger partial charge in [-0.1, -0.05) is 61.5 Å². The predicted octanol–water partition coefficient (Wildman–Crippen LogP) is 4.95. The largest absolute Gasteiger partial charge is 0.345 e. The molecule has 1 N–H and O–H groups in total. The zero-order valence-electron chi connectivity index (χ0n) is 16.2. The number of amides is 1. The molecule has 0 bridgehead atoms. The number of nitrogens with one attached hydrogen (secondary N) is 1. The van der Waals surface area contributed by atoms with Crippen molar-refractivity contribution < 1.29 is 9.18 Å². The van der Waals surface area contributed by atoms with Crippen molar-refractivity contribution in [3.63, 3.8) is 0 Å². The molecular formula is C21H22ClFN4OS. The van der Waals surface area contributed by atoms with Crippen LogP contribution in [0.25, 0.3) is 0 Å². The van der Waals surface area contributed by atoms with Crippen LogP contribution in [0.3, 0.4) is 0 Å². The maximum atomic E-state index is 13.9. The zero-order valence-corrected chi connectivity index (χ0v) is 17.8. The highest BCUT2D eigenvalue weighted by Gasteiger charge is 2.16. The Labute approximate surface area is 178 Å². The van der Waals surface area contributed by atoms with Crippen molar-refractivity contribution in [2.24, 2.45) is 5.92 Å². The van der Waals surface area contributed by atoms with Crippen LogP contribution < -0.4 is 5.32 Å². The number of rotatable bonds is 8. The molecule has 5 nitrogen and oxygen atoms in total. The molecular weight excluding hydrogens is 411 g/mol. The van der Waals surface area contributed by atoms with Gasteiger partial charge in [0.2, 0.25) is 0 Å². The molecule has 0 atom stereocenters. The molecule has 152 valence electrons. The van der Waals surface area contributed by atoms with Gasteiger partial charge in [0.05, 0.1) is 6.54 Å². The molecule has 0 aliphatic carbocycles. The Hall–Kier alpha value is -2.38. The van der Waals surface area contributed by atoms with E-state index in [2.05, 4.69) is 29.4 Å². The fourth-order valence-electron chi connectivity index (χ4n) is 2.75. The number of carbonyl (C=O) groups is 1. The van der Waals surface area contributed by atoms with Crippen LogP contribution >= 0.6 is 23.4 Å². The van der Waals surface area contributed by atoms with Crippen LogP contribution in [0.15, 0.2) is 53.7 Å². The Morgan fingerprint density at radius 3 is 2.72 bits per heavy atom. The third-order valence-electron chi connectivity index (χ3n) is 4.15. The fraction of sp³-hybridized carbons (Fsp3) is 0.286. The van der Waals surface area contributed by atoms with Gasteiger partial charge >= 0.3 is 0 Å². The average molecular weight is 433 g/mol. The minimum absolute atomic E-state index is 0.229. The zero-order chi connectivity index (χ0) is 20.8. The molecule has 0 aliphatic heterocycles. The molecule has 2 aromatic carbocycles. The number of hydrogen-bond acceptors (Lipinski definition) is 4. The second-order valence-corrected chi connectivity index (χ2v) is 8.36. The summed E-state index contributed by atoms with van der Waals surface area (Å²) in [5.74, 6) is 1.01. The first-order chi connectivity index (χ1) is 13.9. The molecule has 1 amide bonds. The summed E-state index contributed by atoms with van der Waals surface area (Å²) in [4.78, 5) is 12.4. The molecule has 3 aromatic rings. The lowest BCUT2D eigenvalue weighted by atomic mass is 10.2. The third-order valence-corrected chi connectivity index (χ3v) is 5.40. The maximum Gasteiger partial charge on any atom is 0.251 e. The van der Waals surface area contributed by atoms with Gasteiger partial charge in [0.1, 0.15) is 5.82 Å². The first-order valence-electron chi connectivity index (χ1n) is 9.26. The van der Waals surface area contributed by atoms with Crippen molar-refractivity contribution in [3.8, 4) is 0 Å². The molecule has 0 saturated carbocycles. The van der Waals surface area contributed by atoms with Gasteiger partial charge < -0.3 is 9.88 Å². The van der Waals surface area contributed by atoms with Crippen molar-refractivity contribution >= 4 is 29.3 Å². The third kappa shape index (κ3) is 5.81. The van der Waals surface area contributed by atoms with Crippen molar-refractivity contribution in [2.45, 2.75) is 37.8 Å². The summed E-state index contributed by atoms with van der Waals surface area (Å²) in [6.07, 6.45) is 0. The van der Waals surface area contributed by atoms with Crippen LogP contribution in [0.5, 0.6) is 0 Å². The summed E-state index contributed by atoms with van der Waals surface area (Å²) in [5, 5.41) is 12.6.